The topological polar surface area (TPSA) is 31.4 Å². The van der Waals surface area contributed by atoms with E-state index in [0.29, 0.717) is 5.92 Å². The minimum absolute atomic E-state index is 0.698. The van der Waals surface area contributed by atoms with Crippen molar-refractivity contribution < 1.29 is 0 Å². The zero-order chi connectivity index (χ0) is 14.3. The summed E-state index contributed by atoms with van der Waals surface area (Å²) in [5.41, 5.74) is 0. The highest BCUT2D eigenvalue weighted by Crippen LogP contribution is 2.19. The molecule has 0 spiro atoms. The predicted molar refractivity (Wildman–Crippen MR) is 84.9 cm³/mol. The molecule has 0 amide bonds. The van der Waals surface area contributed by atoms with Gasteiger partial charge in [0.05, 0.1) is 0 Å². The van der Waals surface area contributed by atoms with Crippen molar-refractivity contribution in [2.45, 2.75) is 27.3 Å². The van der Waals surface area contributed by atoms with E-state index in [1.54, 1.807) is 11.3 Å². The molecule has 1 heterocycles. The average Bonchev–Trinajstić information content (AvgIpc) is 2.73. The fourth-order valence-corrected chi connectivity index (χ4v) is 2.85. The van der Waals surface area contributed by atoms with Gasteiger partial charge in [0.1, 0.15) is 0 Å². The van der Waals surface area contributed by atoms with Crippen LogP contribution in [0, 0.1) is 5.92 Å². The molecule has 0 bridgehead atoms. The van der Waals surface area contributed by atoms with Gasteiger partial charge in [0.2, 0.25) is 0 Å². The lowest BCUT2D eigenvalue weighted by Gasteiger charge is -2.25. The maximum Gasteiger partial charge on any atom is 0.182 e. The van der Waals surface area contributed by atoms with Gasteiger partial charge in [-0.2, -0.15) is 0 Å². The molecule has 0 radical (unpaired) electrons. The quantitative estimate of drug-likeness (QED) is 0.755. The summed E-state index contributed by atoms with van der Waals surface area (Å²) in [6, 6.07) is 0. The van der Waals surface area contributed by atoms with E-state index in [0.717, 1.165) is 37.9 Å². The van der Waals surface area contributed by atoms with Gasteiger partial charge in [0, 0.05) is 43.8 Å². The maximum atomic E-state index is 4.40. The first-order valence-corrected chi connectivity index (χ1v) is 7.88. The molecule has 0 unspecified atom stereocenters. The molecule has 19 heavy (non-hydrogen) atoms. The Morgan fingerprint density at radius 3 is 2.63 bits per heavy atom. The van der Waals surface area contributed by atoms with Crippen molar-refractivity contribution in [1.82, 2.24) is 14.8 Å². The average molecular weight is 284 g/mol. The van der Waals surface area contributed by atoms with Crippen LogP contribution in [0.4, 0.5) is 5.13 Å². The lowest BCUT2D eigenvalue weighted by atomic mass is 10.2. The van der Waals surface area contributed by atoms with Gasteiger partial charge in [0.25, 0.3) is 0 Å². The zero-order valence-corrected chi connectivity index (χ0v) is 13.8. The van der Waals surface area contributed by atoms with E-state index in [4.69, 9.17) is 0 Å². The Labute approximate surface area is 121 Å². The molecule has 1 aromatic heterocycles. The largest absolute Gasteiger partial charge is 0.362 e. The van der Waals surface area contributed by atoms with E-state index >= 15 is 0 Å². The molecular formula is C14H28N4S. The summed E-state index contributed by atoms with van der Waals surface area (Å²) >= 11 is 1.77. The molecule has 0 fully saturated rings. The number of anilines is 1. The third-order valence-electron chi connectivity index (χ3n) is 2.75. The molecule has 1 N–H and O–H groups in total. The number of aromatic nitrogens is 1. The standard InChI is InChI=1S/C14H28N4S/c1-6-15-14-16-9-13(19-14)11-18(10-12(2)3)8-7-17(4)5/h9,12H,6-8,10-11H2,1-5H3,(H,15,16). The van der Waals surface area contributed by atoms with Gasteiger partial charge < -0.3 is 10.2 Å². The lowest BCUT2D eigenvalue weighted by Crippen LogP contribution is -2.33. The zero-order valence-electron chi connectivity index (χ0n) is 12.9. The van der Waals surface area contributed by atoms with E-state index in [9.17, 15) is 0 Å². The highest BCUT2D eigenvalue weighted by Gasteiger charge is 2.10. The molecule has 4 nitrogen and oxygen atoms in total. The second-order valence-corrected chi connectivity index (χ2v) is 6.71. The van der Waals surface area contributed by atoms with Crippen LogP contribution in [0.15, 0.2) is 6.20 Å². The van der Waals surface area contributed by atoms with Crippen molar-refractivity contribution in [2.24, 2.45) is 5.92 Å². The minimum Gasteiger partial charge on any atom is -0.362 e. The van der Waals surface area contributed by atoms with Gasteiger partial charge in [-0.25, -0.2) is 4.98 Å². The number of nitrogens with one attached hydrogen (secondary N) is 1. The van der Waals surface area contributed by atoms with Gasteiger partial charge in [-0.1, -0.05) is 13.8 Å². The summed E-state index contributed by atoms with van der Waals surface area (Å²) in [6.45, 7) is 12.0. The van der Waals surface area contributed by atoms with E-state index in [-0.39, 0.29) is 0 Å². The van der Waals surface area contributed by atoms with Crippen LogP contribution in [0.5, 0.6) is 0 Å². The van der Waals surface area contributed by atoms with Crippen LogP contribution in [0.25, 0.3) is 0 Å². The number of rotatable bonds is 9. The molecule has 0 aliphatic carbocycles. The van der Waals surface area contributed by atoms with Crippen LogP contribution in [0.3, 0.4) is 0 Å². The number of thiazole rings is 1. The molecule has 0 saturated heterocycles. The third kappa shape index (κ3) is 6.89. The maximum absolute atomic E-state index is 4.40. The smallest absolute Gasteiger partial charge is 0.182 e. The Balaban J connectivity index is 2.53. The normalized spacial score (nSPS) is 11.8. The van der Waals surface area contributed by atoms with Crippen LogP contribution < -0.4 is 5.32 Å². The fraction of sp³-hybridized carbons (Fsp3) is 0.786. The molecular weight excluding hydrogens is 256 g/mol. The van der Waals surface area contributed by atoms with E-state index in [1.165, 1.54) is 4.88 Å². The van der Waals surface area contributed by atoms with E-state index in [2.05, 4.69) is 55.0 Å². The molecule has 5 heteroatoms. The summed E-state index contributed by atoms with van der Waals surface area (Å²) in [6.07, 6.45) is 2.01. The lowest BCUT2D eigenvalue weighted by molar-refractivity contribution is 0.213. The fourth-order valence-electron chi connectivity index (χ4n) is 1.93. The Hall–Kier alpha value is -0.650. The Morgan fingerprint density at radius 1 is 1.32 bits per heavy atom. The van der Waals surface area contributed by atoms with Gasteiger partial charge >= 0.3 is 0 Å². The summed E-state index contributed by atoms with van der Waals surface area (Å²) in [5.74, 6) is 0.698. The summed E-state index contributed by atoms with van der Waals surface area (Å²) in [5, 5.41) is 4.31. The van der Waals surface area contributed by atoms with Crippen molar-refractivity contribution in [1.29, 1.82) is 0 Å². The highest BCUT2D eigenvalue weighted by molar-refractivity contribution is 7.15. The summed E-state index contributed by atoms with van der Waals surface area (Å²) in [7, 11) is 4.26. The Kier molecular flexibility index (Phi) is 7.34. The van der Waals surface area contributed by atoms with Crippen LogP contribution in [0.1, 0.15) is 25.6 Å². The molecule has 1 rings (SSSR count). The molecule has 0 atom stereocenters. The summed E-state index contributed by atoms with van der Waals surface area (Å²) < 4.78 is 0. The van der Waals surface area contributed by atoms with Crippen molar-refractivity contribution in [3.63, 3.8) is 0 Å². The van der Waals surface area contributed by atoms with E-state index < -0.39 is 0 Å². The monoisotopic (exact) mass is 284 g/mol. The van der Waals surface area contributed by atoms with Gasteiger partial charge in [-0.05, 0) is 26.9 Å². The predicted octanol–water partition coefficient (Wildman–Crippen LogP) is 2.59. The second-order valence-electron chi connectivity index (χ2n) is 5.59. The Bertz CT molecular complexity index is 349. The van der Waals surface area contributed by atoms with Crippen molar-refractivity contribution in [2.75, 3.05) is 45.6 Å². The highest BCUT2D eigenvalue weighted by atomic mass is 32.1. The van der Waals surface area contributed by atoms with Crippen molar-refractivity contribution in [3.05, 3.63) is 11.1 Å². The third-order valence-corrected chi connectivity index (χ3v) is 3.69. The first-order valence-electron chi connectivity index (χ1n) is 7.07. The van der Waals surface area contributed by atoms with Crippen LogP contribution in [-0.2, 0) is 6.54 Å². The minimum atomic E-state index is 0.698. The molecule has 0 aromatic carbocycles. The number of nitrogens with zero attached hydrogens (tertiary/aromatic N) is 3. The van der Waals surface area contributed by atoms with E-state index in [1.807, 2.05) is 6.20 Å². The Morgan fingerprint density at radius 2 is 2.05 bits per heavy atom. The van der Waals surface area contributed by atoms with Gasteiger partial charge in [-0.15, -0.1) is 11.3 Å². The number of likely N-dealkylation sites (N-methyl/N-ethyl adjacent to an activating group) is 1. The van der Waals surface area contributed by atoms with Gasteiger partial charge in [-0.3, -0.25) is 4.90 Å². The van der Waals surface area contributed by atoms with Crippen LogP contribution >= 0.6 is 11.3 Å². The van der Waals surface area contributed by atoms with Gasteiger partial charge in [0.15, 0.2) is 5.13 Å². The van der Waals surface area contributed by atoms with Crippen molar-refractivity contribution >= 4 is 16.5 Å². The number of hydrogen-bond donors (Lipinski definition) is 1. The van der Waals surface area contributed by atoms with Crippen molar-refractivity contribution in [3.8, 4) is 0 Å². The van der Waals surface area contributed by atoms with Crippen LogP contribution in [-0.4, -0.2) is 55.1 Å². The molecule has 110 valence electrons. The first-order chi connectivity index (χ1) is 9.01. The summed E-state index contributed by atoms with van der Waals surface area (Å²) in [4.78, 5) is 10.5. The SMILES string of the molecule is CCNc1ncc(CN(CCN(C)C)CC(C)C)s1. The molecule has 0 aliphatic rings. The second kappa shape index (κ2) is 8.51. The molecule has 1 aromatic rings. The molecule has 0 saturated carbocycles. The van der Waals surface area contributed by atoms with Crippen LogP contribution in [0.2, 0.25) is 0 Å². The first kappa shape index (κ1) is 16.4. The number of hydrogen-bond acceptors (Lipinski definition) is 5. The molecule has 0 aliphatic heterocycles.